The Morgan fingerprint density at radius 1 is 0.306 bits per heavy atom. The first-order chi connectivity index (χ1) is 34.9. The third-order valence-electron chi connectivity index (χ3n) is 13.4. The van der Waals surface area contributed by atoms with Crippen molar-refractivity contribution in [1.29, 1.82) is 0 Å². The molecule has 4 N–H and O–H groups in total. The summed E-state index contributed by atoms with van der Waals surface area (Å²) in [4.78, 5) is 56.8. The highest BCUT2D eigenvalue weighted by atomic mass is 16.6. The van der Waals surface area contributed by atoms with Crippen LogP contribution in [0.2, 0.25) is 0 Å². The molecular formula is C57H111N3O12. The zero-order valence-corrected chi connectivity index (χ0v) is 46.8. The number of carbonyl (C=O) groups is 4. The van der Waals surface area contributed by atoms with Crippen LogP contribution < -0.4 is 0 Å². The zero-order valence-electron chi connectivity index (χ0n) is 46.8. The van der Waals surface area contributed by atoms with Gasteiger partial charge in [-0.05, 0) is 32.7 Å². The number of hydrogen-bond acceptors (Lipinski definition) is 15. The van der Waals surface area contributed by atoms with Gasteiger partial charge in [0, 0.05) is 52.4 Å². The van der Waals surface area contributed by atoms with E-state index >= 15 is 0 Å². The lowest BCUT2D eigenvalue weighted by atomic mass is 10.1. The number of hydrogen-bond donors (Lipinski definition) is 4. The molecule has 0 aromatic rings. The summed E-state index contributed by atoms with van der Waals surface area (Å²) in [5, 5.41) is 43.8. The maximum atomic E-state index is 12.9. The number of esters is 4. The number of aliphatic hydroxyl groups is 4. The van der Waals surface area contributed by atoms with E-state index in [2.05, 4.69) is 27.7 Å². The predicted molar refractivity (Wildman–Crippen MR) is 289 cm³/mol. The van der Waals surface area contributed by atoms with E-state index in [-0.39, 0.29) is 65.7 Å². The first kappa shape index (κ1) is 69.6. The molecule has 15 heteroatoms. The van der Waals surface area contributed by atoms with Crippen LogP contribution in [-0.4, -0.2) is 169 Å². The molecule has 15 nitrogen and oxygen atoms in total. The van der Waals surface area contributed by atoms with Crippen LogP contribution in [0.1, 0.15) is 233 Å². The number of likely N-dealkylation sites (N-methyl/N-ethyl adjacent to an activating group) is 1. The Hall–Kier alpha value is -2.40. The standard InChI is InChI=1S/C57H111N3O12/c1-6-10-14-18-22-26-30-34-42-69-54(65)50(61)46-59(47-51(62)55(66)70-43-35-31-27-23-19-15-11-7-2)40-38-58(5)39-41-60(48-52(63)56(67)71-44-36-32-28-24-20-16-12-8-3)49-53(64)57(68)72-45-37-33-29-25-21-17-13-9-4/h50-53,61-64H,6-49H2,1-5H3. The van der Waals surface area contributed by atoms with Gasteiger partial charge in [0.1, 0.15) is 0 Å². The average Bonchev–Trinajstić information content (AvgIpc) is 3.36. The Morgan fingerprint density at radius 3 is 0.681 bits per heavy atom. The summed E-state index contributed by atoms with van der Waals surface area (Å²) in [6.45, 7) is 10.1. The molecule has 0 fully saturated rings. The molecule has 4 unspecified atom stereocenters. The summed E-state index contributed by atoms with van der Waals surface area (Å²) in [7, 11) is 1.84. The quantitative estimate of drug-likeness (QED) is 0.0255. The van der Waals surface area contributed by atoms with Gasteiger partial charge in [-0.25, -0.2) is 19.2 Å². The molecule has 0 spiro atoms. The van der Waals surface area contributed by atoms with Crippen molar-refractivity contribution < 1.29 is 58.6 Å². The molecule has 0 saturated carbocycles. The fourth-order valence-electron chi connectivity index (χ4n) is 8.55. The third kappa shape index (κ3) is 42.9. The Bertz CT molecular complexity index is 1090. The van der Waals surface area contributed by atoms with Crippen LogP contribution >= 0.6 is 0 Å². The van der Waals surface area contributed by atoms with Gasteiger partial charge in [0.2, 0.25) is 0 Å². The lowest BCUT2D eigenvalue weighted by molar-refractivity contribution is -0.158. The van der Waals surface area contributed by atoms with Crippen LogP contribution in [-0.2, 0) is 38.1 Å². The summed E-state index contributed by atoms with van der Waals surface area (Å²) >= 11 is 0. The van der Waals surface area contributed by atoms with Crippen molar-refractivity contribution in [3.63, 3.8) is 0 Å². The van der Waals surface area contributed by atoms with Crippen molar-refractivity contribution in [3.05, 3.63) is 0 Å². The molecule has 4 atom stereocenters. The van der Waals surface area contributed by atoms with E-state index in [1.807, 2.05) is 11.9 Å². The molecule has 0 saturated heterocycles. The van der Waals surface area contributed by atoms with E-state index in [0.717, 1.165) is 77.0 Å². The van der Waals surface area contributed by atoms with E-state index < -0.39 is 48.3 Å². The van der Waals surface area contributed by atoms with Crippen molar-refractivity contribution in [3.8, 4) is 0 Å². The smallest absolute Gasteiger partial charge is 0.336 e. The van der Waals surface area contributed by atoms with Crippen LogP contribution in [0.25, 0.3) is 0 Å². The second-order valence-electron chi connectivity index (χ2n) is 20.5. The topological polar surface area (TPSA) is 196 Å². The number of rotatable bonds is 54. The Labute approximate surface area is 439 Å². The summed E-state index contributed by atoms with van der Waals surface area (Å²) < 4.78 is 21.7. The number of aliphatic hydroxyl groups excluding tert-OH is 4. The fraction of sp³-hybridized carbons (Fsp3) is 0.930. The lowest BCUT2D eigenvalue weighted by Gasteiger charge is -2.30. The third-order valence-corrected chi connectivity index (χ3v) is 13.4. The van der Waals surface area contributed by atoms with Crippen molar-refractivity contribution in [2.45, 2.75) is 258 Å². The zero-order chi connectivity index (χ0) is 53.3. The molecule has 0 aromatic carbocycles. The van der Waals surface area contributed by atoms with Gasteiger partial charge in [0.15, 0.2) is 24.4 Å². The summed E-state index contributed by atoms with van der Waals surface area (Å²) in [6.07, 6.45) is 28.9. The SMILES string of the molecule is CCCCCCCCCCOC(=O)C(O)CN(CCN(C)CCN(CC(O)C(=O)OCCCCCCCCCC)CC(O)C(=O)OCCCCCCCCCC)CC(O)C(=O)OCCCCCCCCCC. The molecule has 0 radical (unpaired) electrons. The maximum absolute atomic E-state index is 12.9. The molecular weight excluding hydrogens is 919 g/mol. The van der Waals surface area contributed by atoms with Crippen LogP contribution in [0.3, 0.4) is 0 Å². The number of unbranched alkanes of at least 4 members (excludes halogenated alkanes) is 28. The highest BCUT2D eigenvalue weighted by molar-refractivity contribution is 5.76. The Balaban J connectivity index is 5.57. The summed E-state index contributed by atoms with van der Waals surface area (Å²) in [5.74, 6) is -3.04. The monoisotopic (exact) mass is 1030 g/mol. The molecule has 0 aromatic heterocycles. The molecule has 0 bridgehead atoms. The van der Waals surface area contributed by atoms with E-state index in [9.17, 15) is 39.6 Å². The summed E-state index contributed by atoms with van der Waals surface area (Å²) in [6, 6.07) is 0. The minimum absolute atomic E-state index is 0.181. The van der Waals surface area contributed by atoms with Gasteiger partial charge in [0.25, 0.3) is 0 Å². The molecule has 0 aliphatic rings. The van der Waals surface area contributed by atoms with Gasteiger partial charge >= 0.3 is 23.9 Å². The lowest BCUT2D eigenvalue weighted by Crippen LogP contribution is -2.48. The van der Waals surface area contributed by atoms with E-state index in [0.29, 0.717) is 38.8 Å². The minimum atomic E-state index is -1.51. The predicted octanol–water partition coefficient (Wildman–Crippen LogP) is 9.70. The second-order valence-corrected chi connectivity index (χ2v) is 20.5. The van der Waals surface area contributed by atoms with Gasteiger partial charge in [-0.3, -0.25) is 9.80 Å². The van der Waals surface area contributed by atoms with Crippen molar-refractivity contribution in [2.75, 3.05) is 85.8 Å². The van der Waals surface area contributed by atoms with Crippen LogP contribution in [0, 0.1) is 0 Å². The van der Waals surface area contributed by atoms with Gasteiger partial charge in [-0.15, -0.1) is 0 Å². The molecule has 72 heavy (non-hydrogen) atoms. The normalized spacial score (nSPS) is 13.4. The number of nitrogens with zero attached hydrogens (tertiary/aromatic N) is 3. The molecule has 426 valence electrons. The minimum Gasteiger partial charge on any atom is -0.464 e. The van der Waals surface area contributed by atoms with Gasteiger partial charge in [-0.2, -0.15) is 0 Å². The Morgan fingerprint density at radius 2 is 0.486 bits per heavy atom. The second kappa shape index (κ2) is 50.7. The van der Waals surface area contributed by atoms with Crippen molar-refractivity contribution >= 4 is 23.9 Å². The first-order valence-corrected chi connectivity index (χ1v) is 29.4. The Kier molecular flexibility index (Phi) is 49.1. The largest absolute Gasteiger partial charge is 0.464 e. The molecule has 0 rings (SSSR count). The molecule has 0 aliphatic heterocycles. The van der Waals surface area contributed by atoms with Crippen LogP contribution in [0.5, 0.6) is 0 Å². The molecule has 0 heterocycles. The van der Waals surface area contributed by atoms with Crippen molar-refractivity contribution in [2.24, 2.45) is 0 Å². The first-order valence-electron chi connectivity index (χ1n) is 29.4. The highest BCUT2D eigenvalue weighted by Gasteiger charge is 2.28. The fourth-order valence-corrected chi connectivity index (χ4v) is 8.55. The van der Waals surface area contributed by atoms with Crippen LogP contribution in [0.15, 0.2) is 0 Å². The van der Waals surface area contributed by atoms with Crippen LogP contribution in [0.4, 0.5) is 0 Å². The summed E-state index contributed by atoms with van der Waals surface area (Å²) in [5.41, 5.74) is 0. The van der Waals surface area contributed by atoms with Crippen molar-refractivity contribution in [1.82, 2.24) is 14.7 Å². The molecule has 0 aliphatic carbocycles. The number of carbonyl (C=O) groups excluding carboxylic acids is 4. The van der Waals surface area contributed by atoms with E-state index in [4.69, 9.17) is 18.9 Å². The van der Waals surface area contributed by atoms with Gasteiger partial charge in [0.05, 0.1) is 26.4 Å². The van der Waals surface area contributed by atoms with E-state index in [1.54, 1.807) is 9.80 Å². The average molecular weight is 1030 g/mol. The molecule has 0 amide bonds. The van der Waals surface area contributed by atoms with Gasteiger partial charge in [-0.1, -0.05) is 207 Å². The maximum Gasteiger partial charge on any atom is 0.336 e. The number of ether oxygens (including phenoxy) is 4. The van der Waals surface area contributed by atoms with E-state index in [1.165, 1.54) is 103 Å². The van der Waals surface area contributed by atoms with Gasteiger partial charge < -0.3 is 44.3 Å². The highest BCUT2D eigenvalue weighted by Crippen LogP contribution is 2.13.